The molecule has 4 nitrogen and oxygen atoms in total. The molecule has 1 amide bonds. The van der Waals surface area contributed by atoms with Gasteiger partial charge in [0.2, 0.25) is 5.88 Å². The number of aryl methyl sites for hydroxylation is 1. The summed E-state index contributed by atoms with van der Waals surface area (Å²) in [6.45, 7) is 1.76. The van der Waals surface area contributed by atoms with Crippen LogP contribution < -0.4 is 5.32 Å². The van der Waals surface area contributed by atoms with E-state index in [1.807, 2.05) is 0 Å². The van der Waals surface area contributed by atoms with E-state index < -0.39 is 0 Å². The molecule has 100 valence electrons. The molecule has 1 heterocycles. The summed E-state index contributed by atoms with van der Waals surface area (Å²) in [5.74, 6) is -0.453. The van der Waals surface area contributed by atoms with Crippen LogP contribution in [0.4, 0.5) is 10.3 Å². The summed E-state index contributed by atoms with van der Waals surface area (Å²) in [4.78, 5) is 12.2. The van der Waals surface area contributed by atoms with Crippen LogP contribution in [0.15, 0.2) is 47.0 Å². The number of benzene rings is 2. The summed E-state index contributed by atoms with van der Waals surface area (Å²) in [5.41, 5.74) is 1.06. The predicted octanol–water partition coefficient (Wildman–Crippen LogP) is 3.53. The molecule has 0 saturated heterocycles. The van der Waals surface area contributed by atoms with Gasteiger partial charge in [0.1, 0.15) is 5.82 Å². The largest absolute Gasteiger partial charge is 0.338 e. The number of rotatable bonds is 2. The molecule has 20 heavy (non-hydrogen) atoms. The van der Waals surface area contributed by atoms with Crippen molar-refractivity contribution < 1.29 is 13.7 Å². The maximum absolute atomic E-state index is 13.7. The van der Waals surface area contributed by atoms with Gasteiger partial charge >= 0.3 is 0 Å². The van der Waals surface area contributed by atoms with E-state index in [4.69, 9.17) is 4.52 Å². The second-order valence-electron chi connectivity index (χ2n) is 4.43. The number of halogens is 1. The molecule has 0 saturated carbocycles. The molecule has 1 N–H and O–H groups in total. The third kappa shape index (κ3) is 2.14. The molecule has 3 aromatic rings. The molecule has 0 atom stereocenters. The van der Waals surface area contributed by atoms with Gasteiger partial charge in [0.25, 0.3) is 5.91 Å². The Kier molecular flexibility index (Phi) is 2.95. The first kappa shape index (κ1) is 12.3. The number of amides is 1. The minimum Gasteiger partial charge on any atom is -0.338 e. The molecule has 3 rings (SSSR count). The Labute approximate surface area is 114 Å². The lowest BCUT2D eigenvalue weighted by molar-refractivity contribution is 0.102. The second kappa shape index (κ2) is 4.77. The second-order valence-corrected chi connectivity index (χ2v) is 4.43. The van der Waals surface area contributed by atoms with Crippen molar-refractivity contribution in [3.8, 4) is 0 Å². The molecule has 0 radical (unpaired) electrons. The number of hydrogen-bond acceptors (Lipinski definition) is 3. The number of carbonyl (C=O) groups excluding carboxylic acids is 1. The number of carbonyl (C=O) groups is 1. The minimum atomic E-state index is -0.364. The fraction of sp³-hybridized carbons (Fsp3) is 0.0667. The van der Waals surface area contributed by atoms with E-state index >= 15 is 0 Å². The summed E-state index contributed by atoms with van der Waals surface area (Å²) in [5, 5.41) is 7.26. The Bertz CT molecular complexity index is 795. The zero-order valence-corrected chi connectivity index (χ0v) is 10.7. The van der Waals surface area contributed by atoms with E-state index in [9.17, 15) is 9.18 Å². The Hall–Kier alpha value is -2.69. The zero-order chi connectivity index (χ0) is 14.1. The molecule has 2 aromatic carbocycles. The highest BCUT2D eigenvalue weighted by molar-refractivity contribution is 6.12. The maximum atomic E-state index is 13.7. The van der Waals surface area contributed by atoms with E-state index in [1.54, 1.807) is 37.3 Å². The third-order valence-electron chi connectivity index (χ3n) is 2.98. The van der Waals surface area contributed by atoms with E-state index in [1.165, 1.54) is 12.1 Å². The van der Waals surface area contributed by atoms with Gasteiger partial charge in [0.15, 0.2) is 0 Å². The number of nitrogens with one attached hydrogen (secondary N) is 1. The average molecular weight is 270 g/mol. The first-order valence-electron chi connectivity index (χ1n) is 6.07. The average Bonchev–Trinajstić information content (AvgIpc) is 2.84. The Morgan fingerprint density at radius 1 is 1.20 bits per heavy atom. The lowest BCUT2D eigenvalue weighted by atomic mass is 10.0. The van der Waals surface area contributed by atoms with E-state index in [2.05, 4.69) is 10.5 Å². The third-order valence-corrected chi connectivity index (χ3v) is 2.98. The first-order valence-corrected chi connectivity index (χ1v) is 6.07. The Balaban J connectivity index is 2.01. The van der Waals surface area contributed by atoms with E-state index in [0.717, 1.165) is 0 Å². The minimum absolute atomic E-state index is 0.265. The van der Waals surface area contributed by atoms with Gasteiger partial charge in [0, 0.05) is 17.0 Å². The molecule has 0 bridgehead atoms. The Morgan fingerprint density at radius 3 is 2.65 bits per heavy atom. The number of nitrogens with zero attached hydrogens (tertiary/aromatic N) is 1. The number of hydrogen-bond donors (Lipinski definition) is 1. The monoisotopic (exact) mass is 270 g/mol. The van der Waals surface area contributed by atoms with Gasteiger partial charge in [0.05, 0.1) is 5.69 Å². The summed E-state index contributed by atoms with van der Waals surface area (Å²) in [6, 6.07) is 11.2. The molecular formula is C15H11FN2O2. The van der Waals surface area contributed by atoms with E-state index in [-0.39, 0.29) is 17.6 Å². The molecule has 0 aliphatic carbocycles. The molecule has 0 aliphatic heterocycles. The van der Waals surface area contributed by atoms with Crippen LogP contribution >= 0.6 is 0 Å². The predicted molar refractivity (Wildman–Crippen MR) is 73.1 cm³/mol. The topological polar surface area (TPSA) is 55.1 Å². The number of aromatic nitrogens is 1. The van der Waals surface area contributed by atoms with Crippen LogP contribution in [0.5, 0.6) is 0 Å². The SMILES string of the molecule is Cc1cc(NC(=O)c2ccc(F)c3ccccc23)on1. The van der Waals surface area contributed by atoms with E-state index in [0.29, 0.717) is 22.0 Å². The van der Waals surface area contributed by atoms with Gasteiger partial charge in [-0.3, -0.25) is 10.1 Å². The van der Waals surface area contributed by atoms with Gasteiger partial charge < -0.3 is 4.52 Å². The van der Waals surface area contributed by atoms with Crippen molar-refractivity contribution in [3.05, 3.63) is 59.5 Å². The molecule has 0 spiro atoms. The van der Waals surface area contributed by atoms with Gasteiger partial charge in [-0.1, -0.05) is 29.4 Å². The van der Waals surface area contributed by atoms with Crippen molar-refractivity contribution in [2.24, 2.45) is 0 Å². The van der Waals surface area contributed by atoms with Crippen LogP contribution in [0.25, 0.3) is 10.8 Å². The van der Waals surface area contributed by atoms with Crippen LogP contribution in [0.3, 0.4) is 0 Å². The van der Waals surface area contributed by atoms with Crippen molar-refractivity contribution in [2.75, 3.05) is 5.32 Å². The number of fused-ring (bicyclic) bond motifs is 1. The van der Waals surface area contributed by atoms with Gasteiger partial charge in [-0.25, -0.2) is 4.39 Å². The van der Waals surface area contributed by atoms with Crippen LogP contribution in [-0.2, 0) is 0 Å². The normalized spacial score (nSPS) is 10.7. The smallest absolute Gasteiger partial charge is 0.258 e. The van der Waals surface area contributed by atoms with Crippen molar-refractivity contribution in [1.29, 1.82) is 0 Å². The molecule has 5 heteroatoms. The zero-order valence-electron chi connectivity index (χ0n) is 10.7. The summed E-state index contributed by atoms with van der Waals surface area (Å²) in [7, 11) is 0. The van der Waals surface area contributed by atoms with Gasteiger partial charge in [-0.15, -0.1) is 0 Å². The summed E-state index contributed by atoms with van der Waals surface area (Å²) < 4.78 is 18.6. The maximum Gasteiger partial charge on any atom is 0.258 e. The van der Waals surface area contributed by atoms with Crippen molar-refractivity contribution in [1.82, 2.24) is 5.16 Å². The van der Waals surface area contributed by atoms with Crippen molar-refractivity contribution in [3.63, 3.8) is 0 Å². The fourth-order valence-electron chi connectivity index (χ4n) is 2.06. The van der Waals surface area contributed by atoms with Crippen molar-refractivity contribution >= 4 is 22.6 Å². The van der Waals surface area contributed by atoms with Crippen LogP contribution in [0, 0.1) is 12.7 Å². The van der Waals surface area contributed by atoms with Gasteiger partial charge in [-0.05, 0) is 24.4 Å². The highest BCUT2D eigenvalue weighted by Gasteiger charge is 2.14. The summed E-state index contributed by atoms with van der Waals surface area (Å²) >= 11 is 0. The lowest BCUT2D eigenvalue weighted by Crippen LogP contribution is -2.12. The fourth-order valence-corrected chi connectivity index (χ4v) is 2.06. The molecule has 1 aromatic heterocycles. The highest BCUT2D eigenvalue weighted by Crippen LogP contribution is 2.22. The van der Waals surface area contributed by atoms with Crippen LogP contribution in [0.2, 0.25) is 0 Å². The molecule has 0 unspecified atom stereocenters. The van der Waals surface area contributed by atoms with Crippen molar-refractivity contribution in [2.45, 2.75) is 6.92 Å². The molecule has 0 aliphatic rings. The van der Waals surface area contributed by atoms with Crippen LogP contribution in [-0.4, -0.2) is 11.1 Å². The first-order chi connectivity index (χ1) is 9.65. The highest BCUT2D eigenvalue weighted by atomic mass is 19.1. The number of anilines is 1. The molecule has 0 fully saturated rings. The van der Waals surface area contributed by atoms with Crippen LogP contribution in [0.1, 0.15) is 16.1 Å². The molecular weight excluding hydrogens is 259 g/mol. The van der Waals surface area contributed by atoms with Gasteiger partial charge in [-0.2, -0.15) is 0 Å². The standard InChI is InChI=1S/C15H11FN2O2/c1-9-8-14(20-18-9)17-15(19)12-6-7-13(16)11-5-3-2-4-10(11)12/h2-8H,1H3,(H,17,19). The Morgan fingerprint density at radius 2 is 1.95 bits per heavy atom. The summed E-state index contributed by atoms with van der Waals surface area (Å²) in [6.07, 6.45) is 0. The quantitative estimate of drug-likeness (QED) is 0.775. The lowest BCUT2D eigenvalue weighted by Gasteiger charge is -2.06.